The van der Waals surface area contributed by atoms with Crippen molar-refractivity contribution in [1.29, 1.82) is 0 Å². The van der Waals surface area contributed by atoms with Crippen LogP contribution in [-0.4, -0.2) is 56.7 Å². The molecule has 0 saturated carbocycles. The first-order chi connectivity index (χ1) is 12.5. The number of nitrogens with zero attached hydrogens (tertiary/aromatic N) is 2. The number of amides is 1. The lowest BCUT2D eigenvalue weighted by Gasteiger charge is -2.25. The number of ether oxygens (including phenoxy) is 1. The lowest BCUT2D eigenvalue weighted by Crippen LogP contribution is -2.42. The van der Waals surface area contributed by atoms with Crippen LogP contribution in [0.25, 0.3) is 0 Å². The number of rotatable bonds is 8. The molecule has 1 saturated heterocycles. The lowest BCUT2D eigenvalue weighted by atomic mass is 9.99. The van der Waals surface area contributed by atoms with Crippen molar-refractivity contribution < 1.29 is 13.9 Å². The van der Waals surface area contributed by atoms with Crippen molar-refractivity contribution in [2.75, 3.05) is 39.9 Å². The summed E-state index contributed by atoms with van der Waals surface area (Å²) in [5.41, 5.74) is 6.42. The molecule has 2 atom stereocenters. The highest BCUT2D eigenvalue weighted by Crippen LogP contribution is 2.14. The van der Waals surface area contributed by atoms with Gasteiger partial charge in [-0.1, -0.05) is 12.1 Å². The van der Waals surface area contributed by atoms with Crippen molar-refractivity contribution in [2.45, 2.75) is 19.8 Å². The summed E-state index contributed by atoms with van der Waals surface area (Å²) in [6.45, 7) is 5.48. The number of primary amides is 1. The molecular formula is C19H29FN4O2. The van der Waals surface area contributed by atoms with E-state index in [-0.39, 0.29) is 5.82 Å². The van der Waals surface area contributed by atoms with Crippen LogP contribution in [0.5, 0.6) is 0 Å². The summed E-state index contributed by atoms with van der Waals surface area (Å²) >= 11 is 0. The van der Waals surface area contributed by atoms with Crippen molar-refractivity contribution in [1.82, 2.24) is 10.2 Å². The Morgan fingerprint density at radius 2 is 2.19 bits per heavy atom. The molecule has 0 radical (unpaired) electrons. The maximum atomic E-state index is 13.0. The van der Waals surface area contributed by atoms with Crippen LogP contribution in [0.3, 0.4) is 0 Å². The monoisotopic (exact) mass is 364 g/mol. The van der Waals surface area contributed by atoms with Crippen LogP contribution in [0.2, 0.25) is 0 Å². The molecule has 2 unspecified atom stereocenters. The average Bonchev–Trinajstić information content (AvgIpc) is 3.11. The van der Waals surface area contributed by atoms with Gasteiger partial charge in [0.05, 0.1) is 19.1 Å². The fourth-order valence-corrected chi connectivity index (χ4v) is 3.03. The summed E-state index contributed by atoms with van der Waals surface area (Å²) in [5.74, 6) is 0.118. The third-order valence-corrected chi connectivity index (χ3v) is 4.51. The van der Waals surface area contributed by atoms with E-state index in [4.69, 9.17) is 10.5 Å². The molecule has 1 fully saturated rings. The summed E-state index contributed by atoms with van der Waals surface area (Å²) in [4.78, 5) is 18.5. The number of nitrogens with one attached hydrogen (secondary N) is 1. The fraction of sp³-hybridized carbons (Fsp3) is 0.579. The highest BCUT2D eigenvalue weighted by atomic mass is 19.1. The normalized spacial score (nSPS) is 18.6. The predicted molar refractivity (Wildman–Crippen MR) is 100 cm³/mol. The zero-order valence-electron chi connectivity index (χ0n) is 15.6. The van der Waals surface area contributed by atoms with E-state index in [1.54, 1.807) is 12.1 Å². The highest BCUT2D eigenvalue weighted by Gasteiger charge is 2.20. The van der Waals surface area contributed by atoms with Gasteiger partial charge in [-0.2, -0.15) is 0 Å². The first-order valence-electron chi connectivity index (χ1n) is 9.10. The van der Waals surface area contributed by atoms with Crippen molar-refractivity contribution in [2.24, 2.45) is 22.6 Å². The number of nitrogens with two attached hydrogens (primary N) is 1. The first kappa shape index (κ1) is 20.2. The van der Waals surface area contributed by atoms with Gasteiger partial charge >= 0.3 is 0 Å². The maximum Gasteiger partial charge on any atom is 0.222 e. The molecule has 1 aliphatic rings. The van der Waals surface area contributed by atoms with E-state index >= 15 is 0 Å². The van der Waals surface area contributed by atoms with Crippen LogP contribution in [-0.2, 0) is 16.0 Å². The molecule has 26 heavy (non-hydrogen) atoms. The molecule has 1 amide bonds. The van der Waals surface area contributed by atoms with Crippen LogP contribution >= 0.6 is 0 Å². The van der Waals surface area contributed by atoms with E-state index in [0.717, 1.165) is 44.2 Å². The Balaban J connectivity index is 2.00. The van der Waals surface area contributed by atoms with E-state index < -0.39 is 11.8 Å². The van der Waals surface area contributed by atoms with Crippen LogP contribution < -0.4 is 11.1 Å². The molecule has 1 aromatic carbocycles. The highest BCUT2D eigenvalue weighted by molar-refractivity contribution is 5.81. The second-order valence-electron chi connectivity index (χ2n) is 6.73. The second-order valence-corrected chi connectivity index (χ2v) is 6.73. The van der Waals surface area contributed by atoms with Crippen LogP contribution in [0.4, 0.5) is 4.39 Å². The van der Waals surface area contributed by atoms with Gasteiger partial charge in [0.1, 0.15) is 5.82 Å². The number of benzene rings is 1. The Kier molecular flexibility index (Phi) is 7.84. The molecule has 6 nitrogen and oxygen atoms in total. The van der Waals surface area contributed by atoms with Gasteiger partial charge in [0, 0.05) is 32.7 Å². The first-order valence-corrected chi connectivity index (χ1v) is 9.10. The molecule has 0 aliphatic carbocycles. The van der Waals surface area contributed by atoms with Crippen molar-refractivity contribution in [3.8, 4) is 0 Å². The third kappa shape index (κ3) is 6.29. The maximum absolute atomic E-state index is 13.0. The standard InChI is InChI=1S/C19H29FN4O2/c1-3-22-19(24(2)12-15-8-9-26-13-15)23-11-16(18(21)25)10-14-4-6-17(20)7-5-14/h4-7,15-16H,3,8-13H2,1-2H3,(H2,21,25)(H,22,23). The molecule has 1 aliphatic heterocycles. The van der Waals surface area contributed by atoms with Gasteiger partial charge in [-0.25, -0.2) is 4.39 Å². The van der Waals surface area contributed by atoms with Gasteiger partial charge in [0.15, 0.2) is 5.96 Å². The molecule has 1 heterocycles. The Morgan fingerprint density at radius 1 is 1.46 bits per heavy atom. The van der Waals surface area contributed by atoms with Gasteiger partial charge in [-0.15, -0.1) is 0 Å². The van der Waals surface area contributed by atoms with Gasteiger partial charge in [0.25, 0.3) is 0 Å². The number of guanidine groups is 1. The zero-order chi connectivity index (χ0) is 18.9. The van der Waals surface area contributed by atoms with Crippen molar-refractivity contribution in [3.63, 3.8) is 0 Å². The molecule has 0 spiro atoms. The number of carbonyl (C=O) groups excluding carboxylic acids is 1. The number of hydrogen-bond acceptors (Lipinski definition) is 3. The Morgan fingerprint density at radius 3 is 2.77 bits per heavy atom. The van der Waals surface area contributed by atoms with E-state index in [0.29, 0.717) is 18.9 Å². The largest absolute Gasteiger partial charge is 0.381 e. The summed E-state index contributed by atoms with van der Waals surface area (Å²) < 4.78 is 18.5. The number of hydrogen-bond donors (Lipinski definition) is 2. The van der Waals surface area contributed by atoms with Gasteiger partial charge in [-0.05, 0) is 37.5 Å². The van der Waals surface area contributed by atoms with Crippen molar-refractivity contribution >= 4 is 11.9 Å². The zero-order valence-corrected chi connectivity index (χ0v) is 15.6. The minimum atomic E-state index is -0.433. The quantitative estimate of drug-likeness (QED) is 0.540. The summed E-state index contributed by atoms with van der Waals surface area (Å²) in [6.07, 6.45) is 1.50. The van der Waals surface area contributed by atoms with Gasteiger partial charge in [0.2, 0.25) is 5.91 Å². The molecule has 1 aromatic rings. The summed E-state index contributed by atoms with van der Waals surface area (Å²) in [6, 6.07) is 6.12. The SMILES string of the molecule is CCNC(=NCC(Cc1ccc(F)cc1)C(N)=O)N(C)CC1CCOC1. The smallest absolute Gasteiger partial charge is 0.222 e. The molecule has 144 valence electrons. The van der Waals surface area contributed by atoms with E-state index in [9.17, 15) is 9.18 Å². The molecular weight excluding hydrogens is 335 g/mol. The summed E-state index contributed by atoms with van der Waals surface area (Å²) in [5, 5.41) is 3.26. The second kappa shape index (κ2) is 10.1. The fourth-order valence-electron chi connectivity index (χ4n) is 3.03. The molecule has 7 heteroatoms. The molecule has 0 bridgehead atoms. The van der Waals surface area contributed by atoms with Crippen molar-refractivity contribution in [3.05, 3.63) is 35.6 Å². The molecule has 3 N–H and O–H groups in total. The Labute approximate surface area is 154 Å². The van der Waals surface area contributed by atoms with E-state index in [2.05, 4.69) is 15.2 Å². The van der Waals surface area contributed by atoms with Gasteiger partial charge < -0.3 is 20.7 Å². The lowest BCUT2D eigenvalue weighted by molar-refractivity contribution is -0.121. The molecule has 0 aromatic heterocycles. The van der Waals surface area contributed by atoms with E-state index in [1.165, 1.54) is 12.1 Å². The van der Waals surface area contributed by atoms with Crippen LogP contribution in [0.1, 0.15) is 18.9 Å². The average molecular weight is 364 g/mol. The number of halogens is 1. The molecule has 2 rings (SSSR count). The Hall–Kier alpha value is -2.15. The van der Waals surface area contributed by atoms with E-state index in [1.807, 2.05) is 14.0 Å². The minimum absolute atomic E-state index is 0.292. The summed E-state index contributed by atoms with van der Waals surface area (Å²) in [7, 11) is 1.99. The Bertz CT molecular complexity index is 600. The minimum Gasteiger partial charge on any atom is -0.381 e. The topological polar surface area (TPSA) is 79.9 Å². The third-order valence-electron chi connectivity index (χ3n) is 4.51. The number of aliphatic imine (C=N–C) groups is 1. The predicted octanol–water partition coefficient (Wildman–Crippen LogP) is 1.40. The van der Waals surface area contributed by atoms with Crippen LogP contribution in [0.15, 0.2) is 29.3 Å². The van der Waals surface area contributed by atoms with Crippen LogP contribution in [0, 0.1) is 17.7 Å². The number of carbonyl (C=O) groups is 1. The van der Waals surface area contributed by atoms with Gasteiger partial charge in [-0.3, -0.25) is 9.79 Å².